The van der Waals surface area contributed by atoms with E-state index in [2.05, 4.69) is 49.8 Å². The van der Waals surface area contributed by atoms with Crippen molar-refractivity contribution in [2.75, 3.05) is 32.7 Å². The standard InChI is InChI=1S/C32H62N2/c1-5-9-12-15-21-31(22-16-13-10-6-2)28-33-29-32-23-26-34(27-24-32)25-18-17-20-30(8-4)19-14-11-7-3/h30-33H,5-16,18-19,21-29H2,1-4H3. The van der Waals surface area contributed by atoms with Gasteiger partial charge in [-0.05, 0) is 76.5 Å². The Morgan fingerprint density at radius 3 is 1.94 bits per heavy atom. The van der Waals surface area contributed by atoms with Crippen molar-refractivity contribution in [3.8, 4) is 11.8 Å². The zero-order valence-electron chi connectivity index (χ0n) is 23.9. The summed E-state index contributed by atoms with van der Waals surface area (Å²) in [5.41, 5.74) is 0. The molecule has 0 radical (unpaired) electrons. The molecular formula is C32H62N2. The second kappa shape index (κ2) is 22.9. The highest BCUT2D eigenvalue weighted by molar-refractivity contribution is 5.03. The number of hydrogen-bond acceptors (Lipinski definition) is 2. The molecule has 34 heavy (non-hydrogen) atoms. The quantitative estimate of drug-likeness (QED) is 0.132. The lowest BCUT2D eigenvalue weighted by molar-refractivity contribution is 0.184. The molecule has 0 aromatic rings. The van der Waals surface area contributed by atoms with Crippen LogP contribution in [0.25, 0.3) is 0 Å². The Morgan fingerprint density at radius 2 is 1.35 bits per heavy atom. The Balaban J connectivity index is 2.20. The highest BCUT2D eigenvalue weighted by Crippen LogP contribution is 2.20. The van der Waals surface area contributed by atoms with Crippen LogP contribution in [-0.2, 0) is 0 Å². The molecule has 1 saturated heterocycles. The fraction of sp³-hybridized carbons (Fsp3) is 0.938. The van der Waals surface area contributed by atoms with Crippen molar-refractivity contribution in [2.45, 2.75) is 143 Å². The summed E-state index contributed by atoms with van der Waals surface area (Å²) in [5.74, 6) is 9.50. The molecule has 200 valence electrons. The Hall–Kier alpha value is -0.520. The van der Waals surface area contributed by atoms with Crippen LogP contribution in [0.4, 0.5) is 0 Å². The van der Waals surface area contributed by atoms with E-state index in [0.717, 1.165) is 18.3 Å². The van der Waals surface area contributed by atoms with Gasteiger partial charge < -0.3 is 10.2 Å². The Labute approximate surface area is 215 Å². The first-order valence-corrected chi connectivity index (χ1v) is 15.6. The van der Waals surface area contributed by atoms with Crippen molar-refractivity contribution < 1.29 is 0 Å². The molecule has 0 aromatic carbocycles. The average Bonchev–Trinajstić information content (AvgIpc) is 2.86. The third-order valence-corrected chi connectivity index (χ3v) is 8.01. The molecule has 1 aliphatic rings. The van der Waals surface area contributed by atoms with E-state index < -0.39 is 0 Å². The molecular weight excluding hydrogens is 412 g/mol. The normalized spacial score (nSPS) is 16.0. The van der Waals surface area contributed by atoms with Crippen molar-refractivity contribution >= 4 is 0 Å². The first-order chi connectivity index (χ1) is 16.7. The molecule has 0 spiro atoms. The number of likely N-dealkylation sites (tertiary alicyclic amines) is 1. The summed E-state index contributed by atoms with van der Waals surface area (Å²) in [6, 6.07) is 0. The largest absolute Gasteiger partial charge is 0.316 e. The zero-order chi connectivity index (χ0) is 24.7. The van der Waals surface area contributed by atoms with Crippen LogP contribution in [0.15, 0.2) is 0 Å². The summed E-state index contributed by atoms with van der Waals surface area (Å²) in [5, 5.41) is 3.90. The first kappa shape index (κ1) is 31.5. The maximum atomic E-state index is 3.90. The second-order valence-corrected chi connectivity index (χ2v) is 11.2. The van der Waals surface area contributed by atoms with Crippen LogP contribution in [0.2, 0.25) is 0 Å². The molecule has 1 unspecified atom stereocenters. The van der Waals surface area contributed by atoms with Crippen LogP contribution in [0, 0.1) is 29.6 Å². The minimum atomic E-state index is 0.630. The Kier molecular flexibility index (Phi) is 21.2. The van der Waals surface area contributed by atoms with Gasteiger partial charge in [-0.15, -0.1) is 5.92 Å². The number of unbranched alkanes of at least 4 members (excludes halogenated alkanes) is 8. The molecule has 0 aliphatic carbocycles. The lowest BCUT2D eigenvalue weighted by Crippen LogP contribution is -2.38. The predicted molar refractivity (Wildman–Crippen MR) is 153 cm³/mol. The fourth-order valence-electron chi connectivity index (χ4n) is 5.42. The van der Waals surface area contributed by atoms with E-state index >= 15 is 0 Å². The van der Waals surface area contributed by atoms with E-state index in [1.807, 2.05) is 0 Å². The van der Waals surface area contributed by atoms with Crippen LogP contribution in [-0.4, -0.2) is 37.6 Å². The number of nitrogens with zero attached hydrogens (tertiary/aromatic N) is 1. The Bertz CT molecular complexity index is 471. The SMILES string of the molecule is CCCCCCC(CCCCCC)CNCC1CCN(CCC#CC(CC)CCCCC)CC1. The number of rotatable bonds is 21. The fourth-order valence-corrected chi connectivity index (χ4v) is 5.42. The molecule has 1 heterocycles. The van der Waals surface area contributed by atoms with Gasteiger partial charge >= 0.3 is 0 Å². The van der Waals surface area contributed by atoms with Gasteiger partial charge in [-0.2, -0.15) is 0 Å². The highest BCUT2D eigenvalue weighted by atomic mass is 15.1. The van der Waals surface area contributed by atoms with Crippen LogP contribution in [0.5, 0.6) is 0 Å². The van der Waals surface area contributed by atoms with E-state index in [1.165, 1.54) is 142 Å². The first-order valence-electron chi connectivity index (χ1n) is 15.6. The van der Waals surface area contributed by atoms with E-state index in [4.69, 9.17) is 0 Å². The highest BCUT2D eigenvalue weighted by Gasteiger charge is 2.19. The molecule has 0 aromatic heterocycles. The molecule has 1 atom stereocenters. The van der Waals surface area contributed by atoms with E-state index in [9.17, 15) is 0 Å². The maximum absolute atomic E-state index is 3.90. The number of piperidine rings is 1. The summed E-state index contributed by atoms with van der Waals surface area (Å²) < 4.78 is 0. The number of hydrogen-bond donors (Lipinski definition) is 1. The van der Waals surface area contributed by atoms with Gasteiger partial charge in [0.2, 0.25) is 0 Å². The van der Waals surface area contributed by atoms with Gasteiger partial charge in [-0.1, -0.05) is 104 Å². The van der Waals surface area contributed by atoms with E-state index in [0.29, 0.717) is 5.92 Å². The van der Waals surface area contributed by atoms with Crippen molar-refractivity contribution in [3.05, 3.63) is 0 Å². The molecule has 1 aliphatic heterocycles. The molecule has 1 rings (SSSR count). The zero-order valence-corrected chi connectivity index (χ0v) is 23.9. The van der Waals surface area contributed by atoms with Gasteiger partial charge in [0.05, 0.1) is 0 Å². The third-order valence-electron chi connectivity index (χ3n) is 8.01. The van der Waals surface area contributed by atoms with Gasteiger partial charge in [-0.3, -0.25) is 0 Å². The summed E-state index contributed by atoms with van der Waals surface area (Å²) in [4.78, 5) is 2.66. The summed E-state index contributed by atoms with van der Waals surface area (Å²) in [7, 11) is 0. The molecule has 2 nitrogen and oxygen atoms in total. The third kappa shape index (κ3) is 17.0. The molecule has 0 saturated carbocycles. The van der Waals surface area contributed by atoms with Gasteiger partial charge in [0.25, 0.3) is 0 Å². The van der Waals surface area contributed by atoms with Crippen LogP contribution in [0.1, 0.15) is 143 Å². The lowest BCUT2D eigenvalue weighted by Gasteiger charge is -2.32. The van der Waals surface area contributed by atoms with Crippen LogP contribution in [0.3, 0.4) is 0 Å². The molecule has 2 heteroatoms. The maximum Gasteiger partial charge on any atom is 0.0217 e. The van der Waals surface area contributed by atoms with Crippen molar-refractivity contribution in [3.63, 3.8) is 0 Å². The lowest BCUT2D eigenvalue weighted by atomic mass is 9.93. The van der Waals surface area contributed by atoms with Gasteiger partial charge in [0.1, 0.15) is 0 Å². The van der Waals surface area contributed by atoms with Gasteiger partial charge in [-0.25, -0.2) is 0 Å². The van der Waals surface area contributed by atoms with Crippen molar-refractivity contribution in [1.29, 1.82) is 0 Å². The molecule has 0 bridgehead atoms. The van der Waals surface area contributed by atoms with Crippen molar-refractivity contribution in [1.82, 2.24) is 10.2 Å². The number of nitrogens with one attached hydrogen (secondary N) is 1. The summed E-state index contributed by atoms with van der Waals surface area (Å²) in [6.07, 6.45) is 24.5. The monoisotopic (exact) mass is 474 g/mol. The Morgan fingerprint density at radius 1 is 0.765 bits per heavy atom. The minimum Gasteiger partial charge on any atom is -0.316 e. The predicted octanol–water partition coefficient (Wildman–Crippen LogP) is 8.85. The second-order valence-electron chi connectivity index (χ2n) is 11.2. The van der Waals surface area contributed by atoms with Gasteiger partial charge in [0.15, 0.2) is 0 Å². The van der Waals surface area contributed by atoms with Crippen LogP contribution < -0.4 is 5.32 Å². The molecule has 1 N–H and O–H groups in total. The minimum absolute atomic E-state index is 0.630. The average molecular weight is 475 g/mol. The topological polar surface area (TPSA) is 15.3 Å². The van der Waals surface area contributed by atoms with E-state index in [-0.39, 0.29) is 0 Å². The van der Waals surface area contributed by atoms with Gasteiger partial charge in [0, 0.05) is 18.9 Å². The summed E-state index contributed by atoms with van der Waals surface area (Å²) >= 11 is 0. The molecule has 1 fully saturated rings. The van der Waals surface area contributed by atoms with E-state index in [1.54, 1.807) is 0 Å². The summed E-state index contributed by atoms with van der Waals surface area (Å²) in [6.45, 7) is 15.4. The smallest absolute Gasteiger partial charge is 0.0217 e. The molecule has 0 amide bonds. The van der Waals surface area contributed by atoms with Crippen LogP contribution >= 0.6 is 0 Å². The van der Waals surface area contributed by atoms with Crippen molar-refractivity contribution in [2.24, 2.45) is 17.8 Å².